The second-order valence-electron chi connectivity index (χ2n) is 5.34. The van der Waals surface area contributed by atoms with Crippen LogP contribution in [0.15, 0.2) is 0 Å². The van der Waals surface area contributed by atoms with E-state index in [2.05, 4.69) is 26.1 Å². The van der Waals surface area contributed by atoms with Crippen LogP contribution < -0.4 is 5.32 Å². The molecular formula is C12H23N. The molecule has 1 heteroatoms. The van der Waals surface area contributed by atoms with Gasteiger partial charge in [-0.2, -0.15) is 0 Å². The second-order valence-corrected chi connectivity index (χ2v) is 5.34. The molecule has 2 fully saturated rings. The second kappa shape index (κ2) is 3.61. The van der Waals surface area contributed by atoms with Crippen LogP contribution in [0.25, 0.3) is 0 Å². The quantitative estimate of drug-likeness (QED) is 0.606. The average molecular weight is 181 g/mol. The SMILES string of the molecule is CC1CCC2CCC(C)C(C)C2N1. The van der Waals surface area contributed by atoms with Crippen molar-refractivity contribution in [1.82, 2.24) is 5.32 Å². The number of rotatable bonds is 0. The van der Waals surface area contributed by atoms with Crippen molar-refractivity contribution < 1.29 is 0 Å². The van der Waals surface area contributed by atoms with Gasteiger partial charge in [0, 0.05) is 12.1 Å². The number of fused-ring (bicyclic) bond motifs is 1. The van der Waals surface area contributed by atoms with E-state index in [1.54, 1.807) is 0 Å². The molecule has 0 aromatic rings. The summed E-state index contributed by atoms with van der Waals surface area (Å²) >= 11 is 0. The highest BCUT2D eigenvalue weighted by atomic mass is 15.0. The number of piperidine rings is 1. The van der Waals surface area contributed by atoms with E-state index in [4.69, 9.17) is 0 Å². The average Bonchev–Trinajstić information content (AvgIpc) is 2.12. The molecule has 5 atom stereocenters. The zero-order chi connectivity index (χ0) is 9.42. The van der Waals surface area contributed by atoms with Gasteiger partial charge in [0.2, 0.25) is 0 Å². The third-order valence-corrected chi connectivity index (χ3v) is 4.41. The third kappa shape index (κ3) is 1.76. The van der Waals surface area contributed by atoms with Gasteiger partial charge in [-0.3, -0.25) is 0 Å². The summed E-state index contributed by atoms with van der Waals surface area (Å²) < 4.78 is 0. The molecule has 1 N–H and O–H groups in total. The summed E-state index contributed by atoms with van der Waals surface area (Å²) in [5.74, 6) is 2.81. The van der Waals surface area contributed by atoms with Crippen LogP contribution in [0, 0.1) is 17.8 Å². The van der Waals surface area contributed by atoms with Gasteiger partial charge in [0.25, 0.3) is 0 Å². The highest BCUT2D eigenvalue weighted by Crippen LogP contribution is 2.38. The summed E-state index contributed by atoms with van der Waals surface area (Å²) in [6.45, 7) is 7.19. The van der Waals surface area contributed by atoms with E-state index in [-0.39, 0.29) is 0 Å². The summed E-state index contributed by atoms with van der Waals surface area (Å²) in [5, 5.41) is 3.80. The van der Waals surface area contributed by atoms with Crippen LogP contribution in [0.5, 0.6) is 0 Å². The maximum absolute atomic E-state index is 3.80. The molecule has 13 heavy (non-hydrogen) atoms. The van der Waals surface area contributed by atoms with Crippen LogP contribution in [0.3, 0.4) is 0 Å². The van der Waals surface area contributed by atoms with Gasteiger partial charge in [-0.05, 0) is 43.9 Å². The van der Waals surface area contributed by atoms with E-state index < -0.39 is 0 Å². The minimum Gasteiger partial charge on any atom is -0.311 e. The largest absolute Gasteiger partial charge is 0.311 e. The van der Waals surface area contributed by atoms with Crippen LogP contribution in [-0.4, -0.2) is 12.1 Å². The number of nitrogens with one attached hydrogen (secondary N) is 1. The Labute approximate surface area is 82.3 Å². The predicted molar refractivity (Wildman–Crippen MR) is 56.7 cm³/mol. The molecule has 0 amide bonds. The fraction of sp³-hybridized carbons (Fsp3) is 1.00. The standard InChI is InChI=1S/C12H23N/c1-8-4-6-11-7-5-9(2)13-12(11)10(8)3/h8-13H,4-7H2,1-3H3. The van der Waals surface area contributed by atoms with Crippen LogP contribution >= 0.6 is 0 Å². The Kier molecular flexibility index (Phi) is 2.64. The molecule has 2 aliphatic rings. The van der Waals surface area contributed by atoms with Gasteiger partial charge >= 0.3 is 0 Å². The Balaban J connectivity index is 2.04. The first-order chi connectivity index (χ1) is 6.18. The lowest BCUT2D eigenvalue weighted by Crippen LogP contribution is -2.53. The van der Waals surface area contributed by atoms with Crippen molar-refractivity contribution in [3.05, 3.63) is 0 Å². The summed E-state index contributed by atoms with van der Waals surface area (Å²) in [6, 6.07) is 1.58. The normalized spacial score (nSPS) is 51.5. The molecular weight excluding hydrogens is 158 g/mol. The molecule has 2 rings (SSSR count). The van der Waals surface area contributed by atoms with Crippen LogP contribution in [-0.2, 0) is 0 Å². The van der Waals surface area contributed by atoms with Crippen molar-refractivity contribution in [2.75, 3.05) is 0 Å². The van der Waals surface area contributed by atoms with Crippen LogP contribution in [0.2, 0.25) is 0 Å². The number of hydrogen-bond acceptors (Lipinski definition) is 1. The van der Waals surface area contributed by atoms with Gasteiger partial charge in [-0.15, -0.1) is 0 Å². The lowest BCUT2D eigenvalue weighted by molar-refractivity contribution is 0.0953. The first-order valence-electron chi connectivity index (χ1n) is 5.94. The van der Waals surface area contributed by atoms with E-state index in [1.165, 1.54) is 25.7 Å². The van der Waals surface area contributed by atoms with Crippen molar-refractivity contribution in [2.24, 2.45) is 17.8 Å². The van der Waals surface area contributed by atoms with Crippen molar-refractivity contribution in [3.63, 3.8) is 0 Å². The fourth-order valence-electron chi connectivity index (χ4n) is 3.19. The Hall–Kier alpha value is -0.0400. The minimum absolute atomic E-state index is 0.758. The minimum atomic E-state index is 0.758. The van der Waals surface area contributed by atoms with Crippen LogP contribution in [0.4, 0.5) is 0 Å². The molecule has 0 aromatic heterocycles. The zero-order valence-electron chi connectivity index (χ0n) is 9.22. The van der Waals surface area contributed by atoms with E-state index in [9.17, 15) is 0 Å². The smallest absolute Gasteiger partial charge is 0.0126 e. The van der Waals surface area contributed by atoms with Gasteiger partial charge in [0.1, 0.15) is 0 Å². The van der Waals surface area contributed by atoms with E-state index in [0.717, 1.165) is 29.8 Å². The summed E-state index contributed by atoms with van der Waals surface area (Å²) in [5.41, 5.74) is 0. The highest BCUT2D eigenvalue weighted by molar-refractivity contribution is 4.93. The van der Waals surface area contributed by atoms with E-state index in [0.29, 0.717) is 0 Å². The zero-order valence-corrected chi connectivity index (χ0v) is 9.22. The van der Waals surface area contributed by atoms with Gasteiger partial charge in [-0.1, -0.05) is 20.3 Å². The molecule has 1 saturated carbocycles. The Morgan fingerprint density at radius 1 is 0.923 bits per heavy atom. The molecule has 1 saturated heterocycles. The van der Waals surface area contributed by atoms with Gasteiger partial charge in [-0.25, -0.2) is 0 Å². The number of hydrogen-bond donors (Lipinski definition) is 1. The van der Waals surface area contributed by atoms with Gasteiger partial charge in [0.15, 0.2) is 0 Å². The Bertz CT molecular complexity index is 174. The van der Waals surface area contributed by atoms with Crippen molar-refractivity contribution >= 4 is 0 Å². The molecule has 1 heterocycles. The molecule has 5 unspecified atom stereocenters. The first kappa shape index (κ1) is 9.51. The first-order valence-corrected chi connectivity index (χ1v) is 5.94. The van der Waals surface area contributed by atoms with E-state index >= 15 is 0 Å². The summed E-state index contributed by atoms with van der Waals surface area (Å²) in [7, 11) is 0. The molecule has 0 aromatic carbocycles. The van der Waals surface area contributed by atoms with Crippen LogP contribution in [0.1, 0.15) is 46.5 Å². The fourth-order valence-corrected chi connectivity index (χ4v) is 3.19. The molecule has 0 spiro atoms. The van der Waals surface area contributed by atoms with E-state index in [1.807, 2.05) is 0 Å². The van der Waals surface area contributed by atoms with Crippen molar-refractivity contribution in [1.29, 1.82) is 0 Å². The molecule has 1 nitrogen and oxygen atoms in total. The van der Waals surface area contributed by atoms with Crippen molar-refractivity contribution in [2.45, 2.75) is 58.5 Å². The molecule has 1 aliphatic heterocycles. The maximum Gasteiger partial charge on any atom is 0.0126 e. The topological polar surface area (TPSA) is 12.0 Å². The molecule has 0 bridgehead atoms. The third-order valence-electron chi connectivity index (χ3n) is 4.41. The monoisotopic (exact) mass is 181 g/mol. The molecule has 1 aliphatic carbocycles. The predicted octanol–water partition coefficient (Wildman–Crippen LogP) is 2.81. The Morgan fingerprint density at radius 2 is 1.62 bits per heavy atom. The summed E-state index contributed by atoms with van der Waals surface area (Å²) in [4.78, 5) is 0. The highest BCUT2D eigenvalue weighted by Gasteiger charge is 2.37. The molecule has 0 radical (unpaired) electrons. The Morgan fingerprint density at radius 3 is 2.38 bits per heavy atom. The lowest BCUT2D eigenvalue weighted by Gasteiger charge is -2.46. The van der Waals surface area contributed by atoms with Crippen molar-refractivity contribution in [3.8, 4) is 0 Å². The van der Waals surface area contributed by atoms with Gasteiger partial charge in [0.05, 0.1) is 0 Å². The summed E-state index contributed by atoms with van der Waals surface area (Å²) in [6.07, 6.45) is 5.78. The maximum atomic E-state index is 3.80. The van der Waals surface area contributed by atoms with Gasteiger partial charge < -0.3 is 5.32 Å². The molecule has 76 valence electrons. The lowest BCUT2D eigenvalue weighted by atomic mass is 9.68.